The van der Waals surface area contributed by atoms with Crippen molar-refractivity contribution in [3.63, 3.8) is 0 Å². The van der Waals surface area contributed by atoms with Gasteiger partial charge in [0.15, 0.2) is 9.84 Å². The molecule has 3 rings (SSSR count). The summed E-state index contributed by atoms with van der Waals surface area (Å²) in [4.78, 5) is 4.10. The number of halogens is 1. The molecule has 9 heteroatoms. The molecule has 152 valence electrons. The van der Waals surface area contributed by atoms with Crippen LogP contribution < -0.4 is 4.72 Å². The van der Waals surface area contributed by atoms with Crippen molar-refractivity contribution in [3.05, 3.63) is 95.3 Å². The number of aromatic nitrogens is 1. The highest BCUT2D eigenvalue weighted by atomic mass is 35.5. The summed E-state index contributed by atoms with van der Waals surface area (Å²) in [5.74, 6) is -0.282. The summed E-state index contributed by atoms with van der Waals surface area (Å²) in [5, 5.41) is -0.608. The Balaban J connectivity index is 1.85. The van der Waals surface area contributed by atoms with Crippen molar-refractivity contribution in [1.82, 2.24) is 9.71 Å². The molecule has 0 saturated heterocycles. The smallest absolute Gasteiger partial charge is 0.215 e. The molecule has 29 heavy (non-hydrogen) atoms. The van der Waals surface area contributed by atoms with Gasteiger partial charge in [-0.1, -0.05) is 48.0 Å². The molecule has 3 aromatic rings. The maximum Gasteiger partial charge on any atom is 0.215 e. The number of hydrogen-bond donors (Lipinski definition) is 1. The minimum Gasteiger partial charge on any atom is -0.264 e. The third kappa shape index (κ3) is 5.63. The van der Waals surface area contributed by atoms with E-state index >= 15 is 0 Å². The zero-order valence-corrected chi connectivity index (χ0v) is 17.7. The van der Waals surface area contributed by atoms with E-state index in [0.29, 0.717) is 16.1 Å². The van der Waals surface area contributed by atoms with Gasteiger partial charge in [0.2, 0.25) is 10.0 Å². The number of rotatable bonds is 8. The first kappa shape index (κ1) is 21.4. The molecule has 1 aromatic heterocycles. The molecule has 1 N–H and O–H groups in total. The zero-order chi connectivity index (χ0) is 20.9. The first-order valence-electron chi connectivity index (χ1n) is 8.68. The van der Waals surface area contributed by atoms with Gasteiger partial charge < -0.3 is 0 Å². The van der Waals surface area contributed by atoms with Gasteiger partial charge in [-0.05, 0) is 41.5 Å². The predicted octanol–water partition coefficient (Wildman–Crippen LogP) is 3.37. The van der Waals surface area contributed by atoms with E-state index in [-0.39, 0.29) is 17.2 Å². The van der Waals surface area contributed by atoms with Gasteiger partial charge >= 0.3 is 0 Å². The van der Waals surface area contributed by atoms with Gasteiger partial charge in [0.1, 0.15) is 5.25 Å². The van der Waals surface area contributed by atoms with E-state index in [0.717, 1.165) is 0 Å². The van der Waals surface area contributed by atoms with Crippen molar-refractivity contribution in [2.24, 2.45) is 0 Å². The summed E-state index contributed by atoms with van der Waals surface area (Å²) in [6.45, 7) is -0.307. The number of pyridine rings is 1. The van der Waals surface area contributed by atoms with Gasteiger partial charge in [0, 0.05) is 24.0 Å². The number of nitrogens with zero attached hydrogens (tertiary/aromatic N) is 1. The molecule has 0 saturated carbocycles. The van der Waals surface area contributed by atoms with E-state index in [1.165, 1.54) is 24.5 Å². The van der Waals surface area contributed by atoms with E-state index in [9.17, 15) is 16.8 Å². The number of sulfone groups is 1. The lowest BCUT2D eigenvalue weighted by Crippen LogP contribution is -2.32. The molecular weight excluding hydrogens is 432 g/mol. The fourth-order valence-electron chi connectivity index (χ4n) is 2.80. The molecule has 2 aromatic carbocycles. The van der Waals surface area contributed by atoms with Crippen molar-refractivity contribution < 1.29 is 16.8 Å². The lowest BCUT2D eigenvalue weighted by atomic mass is 10.2. The fourth-order valence-corrected chi connectivity index (χ4v) is 5.85. The maximum atomic E-state index is 13.2. The van der Waals surface area contributed by atoms with Crippen LogP contribution in [-0.2, 0) is 25.6 Å². The zero-order valence-electron chi connectivity index (χ0n) is 15.3. The molecular formula is C20H19ClN2O4S2. The van der Waals surface area contributed by atoms with Crippen LogP contribution >= 0.6 is 11.6 Å². The van der Waals surface area contributed by atoms with Gasteiger partial charge in [-0.3, -0.25) is 4.98 Å². The molecule has 0 aliphatic rings. The monoisotopic (exact) mass is 450 g/mol. The van der Waals surface area contributed by atoms with Crippen LogP contribution in [0.25, 0.3) is 0 Å². The fraction of sp³-hybridized carbons (Fsp3) is 0.150. The maximum absolute atomic E-state index is 13.2. The van der Waals surface area contributed by atoms with Gasteiger partial charge in [0.25, 0.3) is 0 Å². The lowest BCUT2D eigenvalue weighted by Gasteiger charge is -2.19. The molecule has 0 spiro atoms. The number of hydrogen-bond acceptors (Lipinski definition) is 5. The van der Waals surface area contributed by atoms with Gasteiger partial charge in [-0.2, -0.15) is 0 Å². The topological polar surface area (TPSA) is 93.2 Å². The second-order valence-electron chi connectivity index (χ2n) is 6.37. The molecule has 0 bridgehead atoms. The Kier molecular flexibility index (Phi) is 6.69. The Bertz CT molecular complexity index is 1150. The third-order valence-corrected chi connectivity index (χ3v) is 7.95. The van der Waals surface area contributed by atoms with Gasteiger partial charge in [-0.25, -0.2) is 21.6 Å². The van der Waals surface area contributed by atoms with E-state index in [2.05, 4.69) is 9.71 Å². The van der Waals surface area contributed by atoms with E-state index in [1.54, 1.807) is 54.6 Å². The van der Waals surface area contributed by atoms with Crippen molar-refractivity contribution >= 4 is 31.5 Å². The minimum absolute atomic E-state index is 0.116. The standard InChI is InChI=1S/C20H19ClN2O4S2/c21-18-10-8-16(9-11-18)15-28(24,25)23-14-20(17-5-4-12-22-13-17)29(26,27)19-6-2-1-3-7-19/h1-13,20,23H,14-15H2/t20-/m0/s1. The summed E-state index contributed by atoms with van der Waals surface area (Å²) in [5.41, 5.74) is 0.955. The minimum atomic E-state index is -3.84. The average Bonchev–Trinajstić information content (AvgIpc) is 2.71. The number of sulfonamides is 1. The highest BCUT2D eigenvalue weighted by Crippen LogP contribution is 2.28. The van der Waals surface area contributed by atoms with Crippen molar-refractivity contribution in [2.45, 2.75) is 15.9 Å². The van der Waals surface area contributed by atoms with Crippen LogP contribution in [0.3, 0.4) is 0 Å². The Morgan fingerprint density at radius 3 is 2.21 bits per heavy atom. The first-order chi connectivity index (χ1) is 13.8. The Hall–Kier alpha value is -2.26. The van der Waals surface area contributed by atoms with Crippen molar-refractivity contribution in [3.8, 4) is 0 Å². The molecule has 0 fully saturated rings. The van der Waals surface area contributed by atoms with Crippen molar-refractivity contribution in [2.75, 3.05) is 6.54 Å². The highest BCUT2D eigenvalue weighted by molar-refractivity contribution is 7.92. The van der Waals surface area contributed by atoms with Crippen LogP contribution in [0, 0.1) is 0 Å². The highest BCUT2D eigenvalue weighted by Gasteiger charge is 2.30. The number of benzene rings is 2. The van der Waals surface area contributed by atoms with Crippen LogP contribution in [0.4, 0.5) is 0 Å². The quantitative estimate of drug-likeness (QED) is 0.568. The molecule has 1 heterocycles. The summed E-state index contributed by atoms with van der Waals surface area (Å²) in [6, 6.07) is 17.6. The Morgan fingerprint density at radius 2 is 1.59 bits per heavy atom. The van der Waals surface area contributed by atoms with E-state index < -0.39 is 25.1 Å². The van der Waals surface area contributed by atoms with Crippen LogP contribution in [0.1, 0.15) is 16.4 Å². The summed E-state index contributed by atoms with van der Waals surface area (Å²) >= 11 is 5.82. The Morgan fingerprint density at radius 1 is 0.897 bits per heavy atom. The van der Waals surface area contributed by atoms with Crippen LogP contribution in [0.15, 0.2) is 84.0 Å². The second-order valence-corrected chi connectivity index (χ2v) is 10.7. The molecule has 0 unspecified atom stereocenters. The van der Waals surface area contributed by atoms with Crippen LogP contribution in [-0.4, -0.2) is 28.4 Å². The molecule has 1 atom stereocenters. The summed E-state index contributed by atoms with van der Waals surface area (Å²) in [7, 11) is -7.61. The van der Waals surface area contributed by atoms with Crippen molar-refractivity contribution in [1.29, 1.82) is 0 Å². The third-order valence-electron chi connectivity index (χ3n) is 4.26. The molecule has 0 aliphatic carbocycles. The normalized spacial score (nSPS) is 13.1. The Labute approximate surface area is 175 Å². The first-order valence-corrected chi connectivity index (χ1v) is 12.3. The summed E-state index contributed by atoms with van der Waals surface area (Å²) < 4.78 is 53.8. The van der Waals surface area contributed by atoms with Gasteiger partial charge in [0.05, 0.1) is 10.6 Å². The number of nitrogens with one attached hydrogen (secondary N) is 1. The van der Waals surface area contributed by atoms with Crippen LogP contribution in [0.2, 0.25) is 5.02 Å². The second kappa shape index (κ2) is 9.04. The predicted molar refractivity (Wildman–Crippen MR) is 113 cm³/mol. The largest absolute Gasteiger partial charge is 0.264 e. The SMILES string of the molecule is O=S(=O)(Cc1ccc(Cl)cc1)NC[C@@H](c1cccnc1)S(=O)(=O)c1ccccc1. The lowest BCUT2D eigenvalue weighted by molar-refractivity contribution is 0.568. The summed E-state index contributed by atoms with van der Waals surface area (Å²) in [6.07, 6.45) is 2.96. The van der Waals surface area contributed by atoms with E-state index in [1.807, 2.05) is 0 Å². The van der Waals surface area contributed by atoms with Gasteiger partial charge in [-0.15, -0.1) is 0 Å². The molecule has 0 amide bonds. The van der Waals surface area contributed by atoms with Crippen LogP contribution in [0.5, 0.6) is 0 Å². The molecule has 0 radical (unpaired) electrons. The molecule has 6 nitrogen and oxygen atoms in total. The average molecular weight is 451 g/mol. The molecule has 0 aliphatic heterocycles. The van der Waals surface area contributed by atoms with E-state index in [4.69, 9.17) is 11.6 Å².